The Kier molecular flexibility index (Phi) is 4.83. The van der Waals surface area contributed by atoms with Crippen molar-refractivity contribution in [1.82, 2.24) is 9.88 Å². The summed E-state index contributed by atoms with van der Waals surface area (Å²) in [6.07, 6.45) is 11.8. The lowest BCUT2D eigenvalue weighted by Gasteiger charge is -2.47. The van der Waals surface area contributed by atoms with Gasteiger partial charge in [0.05, 0.1) is 5.60 Å². The van der Waals surface area contributed by atoms with Crippen LogP contribution in [-0.4, -0.2) is 35.2 Å². The van der Waals surface area contributed by atoms with Crippen LogP contribution in [0, 0.1) is 0 Å². The minimum absolute atomic E-state index is 0.124. The van der Waals surface area contributed by atoms with E-state index in [2.05, 4.69) is 28.5 Å². The van der Waals surface area contributed by atoms with Crippen molar-refractivity contribution < 1.29 is 4.74 Å². The van der Waals surface area contributed by atoms with Crippen LogP contribution in [0.2, 0.25) is 0 Å². The fraction of sp³-hybridized carbons (Fsp3) is 0.609. The molecule has 0 radical (unpaired) electrons. The maximum Gasteiger partial charge on any atom is 0.0691 e. The molecule has 1 aliphatic carbocycles. The number of hydrogen-bond donors (Lipinski definition) is 0. The Morgan fingerprint density at radius 2 is 2.07 bits per heavy atom. The van der Waals surface area contributed by atoms with Gasteiger partial charge in [-0.15, -0.1) is 11.3 Å². The number of nitrogens with zero attached hydrogens (tertiary/aromatic N) is 2. The number of rotatable bonds is 4. The molecular weight excluding hydrogens is 352 g/mol. The van der Waals surface area contributed by atoms with Gasteiger partial charge >= 0.3 is 0 Å². The third-order valence-electron chi connectivity index (χ3n) is 7.18. The number of aromatic nitrogens is 1. The van der Waals surface area contributed by atoms with Crippen LogP contribution < -0.4 is 0 Å². The summed E-state index contributed by atoms with van der Waals surface area (Å²) >= 11 is 1.93. The molecule has 2 aromatic heterocycles. The van der Waals surface area contributed by atoms with Crippen molar-refractivity contribution in [2.45, 2.75) is 68.9 Å². The highest BCUT2D eigenvalue weighted by molar-refractivity contribution is 7.10. The van der Waals surface area contributed by atoms with Gasteiger partial charge in [0.2, 0.25) is 0 Å². The van der Waals surface area contributed by atoms with Crippen molar-refractivity contribution in [3.05, 3.63) is 52.0 Å². The van der Waals surface area contributed by atoms with Crippen LogP contribution >= 0.6 is 11.3 Å². The molecule has 1 saturated heterocycles. The number of thiophene rings is 1. The van der Waals surface area contributed by atoms with E-state index in [4.69, 9.17) is 9.72 Å². The first-order chi connectivity index (χ1) is 13.3. The number of hydrogen-bond acceptors (Lipinski definition) is 4. The molecule has 3 nitrogen and oxygen atoms in total. The molecule has 2 aliphatic heterocycles. The molecule has 144 valence electrons. The molecular formula is C23H30N2OS. The molecule has 1 saturated carbocycles. The third kappa shape index (κ3) is 3.48. The second-order valence-electron chi connectivity index (χ2n) is 8.81. The van der Waals surface area contributed by atoms with Crippen LogP contribution in [0.4, 0.5) is 0 Å². The Balaban J connectivity index is 1.36. The van der Waals surface area contributed by atoms with Crippen LogP contribution in [0.3, 0.4) is 0 Å². The van der Waals surface area contributed by atoms with Gasteiger partial charge in [-0.05, 0) is 74.2 Å². The molecule has 4 heterocycles. The number of ether oxygens (including phenoxy) is 1. The fourth-order valence-electron chi connectivity index (χ4n) is 5.65. The molecule has 27 heavy (non-hydrogen) atoms. The summed E-state index contributed by atoms with van der Waals surface area (Å²) in [6.45, 7) is 4.40. The highest BCUT2D eigenvalue weighted by atomic mass is 32.1. The Bertz CT molecular complexity index is 768. The Morgan fingerprint density at radius 1 is 1.15 bits per heavy atom. The largest absolute Gasteiger partial charge is 0.375 e. The molecule has 1 spiro atoms. The van der Waals surface area contributed by atoms with Crippen molar-refractivity contribution in [2.75, 3.05) is 19.7 Å². The van der Waals surface area contributed by atoms with Crippen molar-refractivity contribution in [3.8, 4) is 0 Å². The summed E-state index contributed by atoms with van der Waals surface area (Å²) in [7, 11) is 0. The van der Waals surface area contributed by atoms with Crippen molar-refractivity contribution in [2.24, 2.45) is 0 Å². The summed E-state index contributed by atoms with van der Waals surface area (Å²) in [5.74, 6) is 0. The van der Waals surface area contributed by atoms with Crippen molar-refractivity contribution >= 4 is 11.3 Å². The van der Waals surface area contributed by atoms with Gasteiger partial charge in [-0.3, -0.25) is 9.88 Å². The summed E-state index contributed by atoms with van der Waals surface area (Å²) in [5, 5.41) is 2.26. The second kappa shape index (κ2) is 7.31. The lowest BCUT2D eigenvalue weighted by Crippen LogP contribution is -2.48. The summed E-state index contributed by atoms with van der Waals surface area (Å²) in [6, 6.07) is 8.79. The zero-order chi connectivity index (χ0) is 18.2. The van der Waals surface area contributed by atoms with Crippen LogP contribution in [0.1, 0.15) is 61.1 Å². The van der Waals surface area contributed by atoms with Crippen molar-refractivity contribution in [3.63, 3.8) is 0 Å². The monoisotopic (exact) mass is 382 g/mol. The van der Waals surface area contributed by atoms with E-state index < -0.39 is 0 Å². The lowest BCUT2D eigenvalue weighted by molar-refractivity contribution is -0.105. The molecule has 0 aromatic carbocycles. The quantitative estimate of drug-likeness (QED) is 0.748. The fourth-order valence-corrected chi connectivity index (χ4v) is 6.62. The van der Waals surface area contributed by atoms with Crippen LogP contribution in [0.15, 0.2) is 35.8 Å². The Labute approximate surface area is 166 Å². The maximum atomic E-state index is 6.39. The lowest BCUT2D eigenvalue weighted by atomic mass is 9.68. The summed E-state index contributed by atoms with van der Waals surface area (Å²) < 4.78 is 6.39. The summed E-state index contributed by atoms with van der Waals surface area (Å²) in [5.41, 5.74) is 3.18. The Hall–Kier alpha value is -1.23. The molecule has 5 rings (SSSR count). The Morgan fingerprint density at radius 3 is 2.93 bits per heavy atom. The molecule has 0 bridgehead atoms. The average molecular weight is 383 g/mol. The zero-order valence-corrected chi connectivity index (χ0v) is 17.0. The maximum absolute atomic E-state index is 6.39. The van der Waals surface area contributed by atoms with E-state index in [1.807, 2.05) is 23.6 Å². The normalized spacial score (nSPS) is 27.7. The number of pyridine rings is 1. The molecule has 0 N–H and O–H groups in total. The predicted molar refractivity (Wildman–Crippen MR) is 110 cm³/mol. The van der Waals surface area contributed by atoms with Crippen LogP contribution in [0.25, 0.3) is 0 Å². The van der Waals surface area contributed by atoms with Gasteiger partial charge in [-0.2, -0.15) is 0 Å². The SMILES string of the molecule is c1ccc(C2(CCN3CCc4ccsc4C3)CCOC3(CCCC3)C2)nc1. The highest BCUT2D eigenvalue weighted by Crippen LogP contribution is 2.49. The molecule has 1 unspecified atom stereocenters. The molecule has 3 aliphatic rings. The van der Waals surface area contributed by atoms with Crippen molar-refractivity contribution in [1.29, 1.82) is 0 Å². The van der Waals surface area contributed by atoms with E-state index >= 15 is 0 Å². The predicted octanol–water partition coefficient (Wildman–Crippen LogP) is 4.95. The highest BCUT2D eigenvalue weighted by Gasteiger charge is 2.48. The minimum Gasteiger partial charge on any atom is -0.375 e. The van der Waals surface area contributed by atoms with E-state index in [0.29, 0.717) is 0 Å². The topological polar surface area (TPSA) is 25.4 Å². The van der Waals surface area contributed by atoms with E-state index in [0.717, 1.165) is 26.0 Å². The standard InChI is InChI=1S/C23H30N2OS/c1-4-12-24-21(5-1)22(11-15-26-23(18-22)8-2-3-9-23)10-14-25-13-6-19-7-16-27-20(19)17-25/h1,4-5,7,12,16H,2-3,6,8-11,13-15,17-18H2. The van der Waals surface area contributed by atoms with E-state index in [9.17, 15) is 0 Å². The minimum atomic E-state index is 0.124. The molecule has 0 amide bonds. The molecule has 2 aromatic rings. The molecule has 2 fully saturated rings. The van der Waals surface area contributed by atoms with Crippen LogP contribution in [0.5, 0.6) is 0 Å². The third-order valence-corrected chi connectivity index (χ3v) is 8.13. The molecule has 1 atom stereocenters. The first-order valence-electron chi connectivity index (χ1n) is 10.6. The average Bonchev–Trinajstić information content (AvgIpc) is 3.36. The van der Waals surface area contributed by atoms with Gasteiger partial charge in [0.25, 0.3) is 0 Å². The zero-order valence-electron chi connectivity index (χ0n) is 16.2. The first kappa shape index (κ1) is 17.8. The van der Waals surface area contributed by atoms with Gasteiger partial charge in [0.15, 0.2) is 0 Å². The molecule has 4 heteroatoms. The smallest absolute Gasteiger partial charge is 0.0691 e. The van der Waals surface area contributed by atoms with E-state index in [1.54, 1.807) is 10.4 Å². The van der Waals surface area contributed by atoms with Gasteiger partial charge in [-0.1, -0.05) is 18.9 Å². The first-order valence-corrected chi connectivity index (χ1v) is 11.5. The van der Waals surface area contributed by atoms with Gasteiger partial charge in [-0.25, -0.2) is 0 Å². The second-order valence-corrected chi connectivity index (χ2v) is 9.81. The summed E-state index contributed by atoms with van der Waals surface area (Å²) in [4.78, 5) is 9.09. The number of fused-ring (bicyclic) bond motifs is 1. The van der Waals surface area contributed by atoms with Gasteiger partial charge < -0.3 is 4.74 Å². The van der Waals surface area contributed by atoms with E-state index in [-0.39, 0.29) is 11.0 Å². The van der Waals surface area contributed by atoms with Crippen LogP contribution in [-0.2, 0) is 23.1 Å². The van der Waals surface area contributed by atoms with Gasteiger partial charge in [0.1, 0.15) is 0 Å². The van der Waals surface area contributed by atoms with E-state index in [1.165, 1.54) is 57.3 Å². The van der Waals surface area contributed by atoms with Gasteiger partial charge in [0, 0.05) is 41.9 Å².